The Morgan fingerprint density at radius 2 is 2.15 bits per heavy atom. The lowest BCUT2D eigenvalue weighted by Gasteiger charge is -2.28. The Kier molecular flexibility index (Phi) is 5.08. The number of fused-ring (bicyclic) bond motifs is 1. The van der Waals surface area contributed by atoms with Crippen molar-refractivity contribution in [2.24, 2.45) is 0 Å². The molecule has 1 amide bonds. The SMILES string of the molecule is BC1(B)COCCN(C(=O)c2cc3c(cn2)c(Br)nn3CC(F)(F)F)C1. The lowest BCUT2D eigenvalue weighted by Crippen LogP contribution is -2.39. The molecule has 26 heavy (non-hydrogen) atoms. The van der Waals surface area contributed by atoms with Gasteiger partial charge in [0, 0.05) is 25.9 Å². The van der Waals surface area contributed by atoms with Gasteiger partial charge in [0.05, 0.1) is 17.5 Å². The van der Waals surface area contributed by atoms with Gasteiger partial charge >= 0.3 is 6.18 Å². The van der Waals surface area contributed by atoms with Gasteiger partial charge in [0.2, 0.25) is 0 Å². The van der Waals surface area contributed by atoms with E-state index in [2.05, 4.69) is 26.0 Å². The average molecular weight is 431 g/mol. The first kappa shape index (κ1) is 19.2. The van der Waals surface area contributed by atoms with Crippen LogP contribution in [0.4, 0.5) is 13.2 Å². The van der Waals surface area contributed by atoms with Crippen molar-refractivity contribution in [3.8, 4) is 0 Å². The van der Waals surface area contributed by atoms with E-state index in [0.717, 1.165) is 4.68 Å². The molecule has 0 aliphatic carbocycles. The summed E-state index contributed by atoms with van der Waals surface area (Å²) >= 11 is 3.14. The maximum absolute atomic E-state index is 12.8. The number of carbonyl (C=O) groups excluding carboxylic acids is 1. The first-order chi connectivity index (χ1) is 12.1. The molecule has 1 saturated heterocycles. The van der Waals surface area contributed by atoms with Crippen LogP contribution in [-0.4, -0.2) is 73.7 Å². The first-order valence-electron chi connectivity index (χ1n) is 8.02. The van der Waals surface area contributed by atoms with Crippen LogP contribution in [0.5, 0.6) is 0 Å². The number of pyridine rings is 1. The van der Waals surface area contributed by atoms with Crippen LogP contribution in [0.15, 0.2) is 16.9 Å². The van der Waals surface area contributed by atoms with Crippen molar-refractivity contribution in [1.29, 1.82) is 0 Å². The van der Waals surface area contributed by atoms with Gasteiger partial charge in [0.25, 0.3) is 5.91 Å². The van der Waals surface area contributed by atoms with E-state index in [9.17, 15) is 18.0 Å². The minimum atomic E-state index is -4.42. The Hall–Kier alpha value is -1.55. The van der Waals surface area contributed by atoms with E-state index >= 15 is 0 Å². The van der Waals surface area contributed by atoms with Crippen LogP contribution < -0.4 is 0 Å². The third kappa shape index (κ3) is 4.22. The molecule has 6 nitrogen and oxygen atoms in total. The molecule has 3 rings (SSSR count). The van der Waals surface area contributed by atoms with Gasteiger partial charge in [-0.15, -0.1) is 0 Å². The largest absolute Gasteiger partial charge is 0.408 e. The maximum atomic E-state index is 12.8. The fraction of sp³-hybridized carbons (Fsp3) is 0.500. The number of hydrogen-bond donors (Lipinski definition) is 0. The number of hydrogen-bond acceptors (Lipinski definition) is 4. The fourth-order valence-electron chi connectivity index (χ4n) is 2.94. The first-order valence-corrected chi connectivity index (χ1v) is 8.81. The van der Waals surface area contributed by atoms with Gasteiger partial charge in [-0.2, -0.15) is 18.3 Å². The molecule has 0 bridgehead atoms. The van der Waals surface area contributed by atoms with Gasteiger partial charge in [0.15, 0.2) is 0 Å². The van der Waals surface area contributed by atoms with Crippen molar-refractivity contribution in [2.45, 2.75) is 17.9 Å². The number of aromatic nitrogens is 3. The molecule has 0 unspecified atom stereocenters. The molecule has 138 valence electrons. The van der Waals surface area contributed by atoms with E-state index in [1.165, 1.54) is 12.3 Å². The average Bonchev–Trinajstić information content (AvgIpc) is 2.71. The van der Waals surface area contributed by atoms with Crippen molar-refractivity contribution in [1.82, 2.24) is 19.7 Å². The fourth-order valence-corrected chi connectivity index (χ4v) is 3.44. The second kappa shape index (κ2) is 6.88. The summed E-state index contributed by atoms with van der Waals surface area (Å²) in [5.74, 6) is -0.332. The van der Waals surface area contributed by atoms with Crippen molar-refractivity contribution in [3.05, 3.63) is 22.6 Å². The number of ether oxygens (including phenoxy) is 1. The second-order valence-corrected chi connectivity index (χ2v) is 7.84. The van der Waals surface area contributed by atoms with Gasteiger partial charge in [-0.3, -0.25) is 14.5 Å². The zero-order valence-electron chi connectivity index (χ0n) is 14.3. The summed E-state index contributed by atoms with van der Waals surface area (Å²) in [4.78, 5) is 18.6. The summed E-state index contributed by atoms with van der Waals surface area (Å²) < 4.78 is 44.9. The van der Waals surface area contributed by atoms with Gasteiger partial charge in [-0.1, -0.05) is 0 Å². The lowest BCUT2D eigenvalue weighted by molar-refractivity contribution is -0.141. The Bertz CT molecular complexity index is 843. The number of nitrogens with zero attached hydrogens (tertiary/aromatic N) is 4. The minimum absolute atomic E-state index is 0.0889. The van der Waals surface area contributed by atoms with Crippen LogP contribution in [0.1, 0.15) is 10.5 Å². The quantitative estimate of drug-likeness (QED) is 0.655. The molecular weight excluding hydrogens is 415 g/mol. The Balaban J connectivity index is 1.95. The smallest absolute Gasteiger partial charge is 0.380 e. The van der Waals surface area contributed by atoms with Crippen molar-refractivity contribution >= 4 is 48.4 Å². The summed E-state index contributed by atoms with van der Waals surface area (Å²) in [5, 5.41) is 4.07. The highest BCUT2D eigenvalue weighted by Crippen LogP contribution is 2.27. The van der Waals surface area contributed by atoms with Crippen LogP contribution in [0, 0.1) is 0 Å². The summed E-state index contributed by atoms with van der Waals surface area (Å²) in [6.45, 7) is 0.603. The maximum Gasteiger partial charge on any atom is 0.408 e. The molecule has 0 aromatic carbocycles. The van der Waals surface area contributed by atoms with Crippen LogP contribution in [0.2, 0.25) is 5.21 Å². The summed E-state index contributed by atoms with van der Waals surface area (Å²) in [7, 11) is 3.98. The van der Waals surface area contributed by atoms with E-state index in [0.29, 0.717) is 31.7 Å². The van der Waals surface area contributed by atoms with Gasteiger partial charge in [0.1, 0.15) is 32.5 Å². The molecule has 2 aromatic heterocycles. The highest BCUT2D eigenvalue weighted by atomic mass is 79.9. The van der Waals surface area contributed by atoms with Crippen LogP contribution >= 0.6 is 15.9 Å². The molecule has 0 saturated carbocycles. The van der Waals surface area contributed by atoms with E-state index in [1.807, 2.05) is 15.7 Å². The van der Waals surface area contributed by atoms with Crippen molar-refractivity contribution in [3.63, 3.8) is 0 Å². The highest BCUT2D eigenvalue weighted by molar-refractivity contribution is 9.10. The summed E-state index contributed by atoms with van der Waals surface area (Å²) in [6.07, 6.45) is -3.05. The topological polar surface area (TPSA) is 60.2 Å². The molecular formula is C14H16B2BrF3N4O2. The molecule has 1 aliphatic rings. The Morgan fingerprint density at radius 1 is 1.42 bits per heavy atom. The van der Waals surface area contributed by atoms with Gasteiger partial charge in [-0.25, -0.2) is 0 Å². The molecule has 12 heteroatoms. The number of rotatable bonds is 2. The highest BCUT2D eigenvalue weighted by Gasteiger charge is 2.31. The van der Waals surface area contributed by atoms with Crippen LogP contribution in [0.3, 0.4) is 0 Å². The molecule has 0 N–H and O–H groups in total. The van der Waals surface area contributed by atoms with Crippen molar-refractivity contribution in [2.75, 3.05) is 26.3 Å². The second-order valence-electron chi connectivity index (χ2n) is 7.09. The number of amides is 1. The molecule has 1 aliphatic heterocycles. The predicted molar refractivity (Wildman–Crippen MR) is 97.8 cm³/mol. The molecule has 0 radical (unpaired) electrons. The van der Waals surface area contributed by atoms with Gasteiger partial charge < -0.3 is 9.64 Å². The number of alkyl halides is 3. The molecule has 1 fully saturated rings. The molecule has 0 atom stereocenters. The van der Waals surface area contributed by atoms with Crippen molar-refractivity contribution < 1.29 is 22.7 Å². The molecule has 2 aromatic rings. The Morgan fingerprint density at radius 3 is 2.85 bits per heavy atom. The predicted octanol–water partition coefficient (Wildman–Crippen LogP) is 0.611. The normalized spacial score (nSPS) is 18.1. The van der Waals surface area contributed by atoms with E-state index in [-0.39, 0.29) is 26.9 Å². The molecule has 0 spiro atoms. The lowest BCUT2D eigenvalue weighted by atomic mass is 9.55. The van der Waals surface area contributed by atoms with E-state index in [4.69, 9.17) is 4.74 Å². The third-order valence-electron chi connectivity index (χ3n) is 4.04. The zero-order chi connectivity index (χ0) is 19.1. The number of carbonyl (C=O) groups is 1. The third-order valence-corrected chi connectivity index (χ3v) is 4.63. The minimum Gasteiger partial charge on any atom is -0.380 e. The van der Waals surface area contributed by atoms with Crippen LogP contribution in [-0.2, 0) is 11.3 Å². The monoisotopic (exact) mass is 430 g/mol. The zero-order valence-corrected chi connectivity index (χ0v) is 15.9. The standard InChI is InChI=1S/C14H16B2BrF3N4O2/c15-13(16)5-23(1-2-26-7-13)12(25)9-3-10-8(4-21-9)11(17)22-24(10)6-14(18,19)20/h3-4H,1-2,5-7,15-16H2. The molecule has 3 heterocycles. The van der Waals surface area contributed by atoms with Gasteiger partial charge in [-0.05, 0) is 27.2 Å². The summed E-state index contributed by atoms with van der Waals surface area (Å²) in [6, 6.07) is 1.36. The van der Waals surface area contributed by atoms with E-state index in [1.54, 1.807) is 4.90 Å². The number of halogens is 4. The van der Waals surface area contributed by atoms with Crippen LogP contribution in [0.25, 0.3) is 10.9 Å². The Labute approximate surface area is 158 Å². The van der Waals surface area contributed by atoms with E-state index < -0.39 is 12.7 Å². The summed E-state index contributed by atoms with van der Waals surface area (Å²) in [5.41, 5.74) is 0.295.